The van der Waals surface area contributed by atoms with Gasteiger partial charge in [-0.05, 0) is 30.2 Å². The van der Waals surface area contributed by atoms with Gasteiger partial charge in [0.15, 0.2) is 0 Å². The Morgan fingerprint density at radius 1 is 1.14 bits per heavy atom. The van der Waals surface area contributed by atoms with E-state index in [4.69, 9.17) is 4.42 Å². The first kappa shape index (κ1) is 19.2. The molecule has 0 saturated carbocycles. The van der Waals surface area contributed by atoms with Crippen LogP contribution in [0.1, 0.15) is 16.7 Å². The number of aromatic hydroxyl groups is 1. The molecule has 0 spiro atoms. The minimum Gasteiger partial charge on any atom is -0.508 e. The minimum absolute atomic E-state index is 0.0363. The van der Waals surface area contributed by atoms with Crippen LogP contribution in [0.5, 0.6) is 5.75 Å². The summed E-state index contributed by atoms with van der Waals surface area (Å²) >= 11 is 0. The monoisotopic (exact) mass is 381 g/mol. The van der Waals surface area contributed by atoms with Gasteiger partial charge in [-0.15, -0.1) is 0 Å². The molecule has 7 heteroatoms. The van der Waals surface area contributed by atoms with Gasteiger partial charge in [-0.25, -0.2) is 9.59 Å². The molecule has 28 heavy (non-hydrogen) atoms. The van der Waals surface area contributed by atoms with Crippen LogP contribution in [-0.2, 0) is 22.4 Å². The van der Waals surface area contributed by atoms with E-state index in [-0.39, 0.29) is 29.7 Å². The molecule has 3 N–H and O–H groups in total. The largest absolute Gasteiger partial charge is 0.508 e. The Hall–Kier alpha value is -3.61. The molecule has 3 aromatic rings. The third-order valence-electron chi connectivity index (χ3n) is 4.52. The molecule has 0 aliphatic rings. The lowest BCUT2D eigenvalue weighted by Gasteiger charge is -2.15. The maximum atomic E-state index is 12.4. The Kier molecular flexibility index (Phi) is 5.44. The number of carboxylic acid groups (broad SMARTS) is 1. The molecule has 1 heterocycles. The van der Waals surface area contributed by atoms with Crippen molar-refractivity contribution in [3.8, 4) is 5.75 Å². The lowest BCUT2D eigenvalue weighted by molar-refractivity contribution is -0.141. The number of phenols is 1. The van der Waals surface area contributed by atoms with Gasteiger partial charge < -0.3 is 19.9 Å². The van der Waals surface area contributed by atoms with E-state index in [9.17, 15) is 24.6 Å². The molecule has 1 amide bonds. The van der Waals surface area contributed by atoms with Crippen LogP contribution in [0.15, 0.2) is 57.7 Å². The maximum absolute atomic E-state index is 12.4. The van der Waals surface area contributed by atoms with Crippen LogP contribution in [0.4, 0.5) is 0 Å². The van der Waals surface area contributed by atoms with Crippen molar-refractivity contribution in [2.75, 3.05) is 0 Å². The zero-order valence-electron chi connectivity index (χ0n) is 15.1. The number of benzene rings is 2. The number of aliphatic carboxylic acids is 1. The predicted octanol–water partition coefficient (Wildman–Crippen LogP) is 2.16. The number of hydrogen-bond donors (Lipinski definition) is 3. The zero-order chi connectivity index (χ0) is 20.3. The normalized spacial score (nSPS) is 11.9. The summed E-state index contributed by atoms with van der Waals surface area (Å²) in [5.74, 6) is -1.78. The summed E-state index contributed by atoms with van der Waals surface area (Å²) in [6.45, 7) is 1.68. The van der Waals surface area contributed by atoms with E-state index in [0.29, 0.717) is 10.9 Å². The zero-order valence-corrected chi connectivity index (χ0v) is 15.1. The SMILES string of the molecule is Cc1c(CC(=O)NC(Cc2ccccc2)C(=O)O)c(=O)oc2cc(O)ccc12. The quantitative estimate of drug-likeness (QED) is 0.564. The van der Waals surface area contributed by atoms with Crippen LogP contribution in [0.2, 0.25) is 0 Å². The summed E-state index contributed by atoms with van der Waals surface area (Å²) in [7, 11) is 0. The Labute approximate surface area is 160 Å². The topological polar surface area (TPSA) is 117 Å². The first-order chi connectivity index (χ1) is 13.3. The standard InChI is InChI=1S/C21H19NO6/c1-12-15-8-7-14(23)10-18(15)28-21(27)16(12)11-19(24)22-17(20(25)26)9-13-5-3-2-4-6-13/h2-8,10,17,23H,9,11H2,1H3,(H,22,24)(H,25,26). The van der Waals surface area contributed by atoms with Gasteiger partial charge in [0.05, 0.1) is 12.0 Å². The van der Waals surface area contributed by atoms with E-state index in [0.717, 1.165) is 5.56 Å². The summed E-state index contributed by atoms with van der Waals surface area (Å²) in [5, 5.41) is 22.0. The lowest BCUT2D eigenvalue weighted by Crippen LogP contribution is -2.43. The van der Waals surface area contributed by atoms with Crippen molar-refractivity contribution < 1.29 is 24.2 Å². The van der Waals surface area contributed by atoms with Crippen molar-refractivity contribution in [1.82, 2.24) is 5.32 Å². The molecule has 144 valence electrons. The second-order valence-electron chi connectivity index (χ2n) is 6.50. The third-order valence-corrected chi connectivity index (χ3v) is 4.52. The molecule has 1 aromatic heterocycles. The fourth-order valence-corrected chi connectivity index (χ4v) is 3.04. The number of amides is 1. The molecule has 7 nitrogen and oxygen atoms in total. The van der Waals surface area contributed by atoms with E-state index in [1.165, 1.54) is 12.1 Å². The van der Waals surface area contributed by atoms with Gasteiger partial charge >= 0.3 is 11.6 Å². The van der Waals surface area contributed by atoms with E-state index >= 15 is 0 Å². The van der Waals surface area contributed by atoms with Crippen molar-refractivity contribution in [2.24, 2.45) is 0 Å². The molecule has 0 bridgehead atoms. The number of carboxylic acids is 1. The van der Waals surface area contributed by atoms with Crippen LogP contribution in [0.25, 0.3) is 11.0 Å². The number of carbonyl (C=O) groups is 2. The Balaban J connectivity index is 1.81. The van der Waals surface area contributed by atoms with Crippen molar-refractivity contribution in [2.45, 2.75) is 25.8 Å². The van der Waals surface area contributed by atoms with Gasteiger partial charge in [0.2, 0.25) is 5.91 Å². The number of aryl methyl sites for hydroxylation is 1. The second-order valence-corrected chi connectivity index (χ2v) is 6.50. The molecule has 1 unspecified atom stereocenters. The minimum atomic E-state index is -1.16. The van der Waals surface area contributed by atoms with Gasteiger partial charge in [0, 0.05) is 17.9 Å². The summed E-state index contributed by atoms with van der Waals surface area (Å²) in [6, 6.07) is 12.2. The van der Waals surface area contributed by atoms with Crippen molar-refractivity contribution >= 4 is 22.8 Å². The van der Waals surface area contributed by atoms with Crippen LogP contribution in [-0.4, -0.2) is 28.1 Å². The highest BCUT2D eigenvalue weighted by Crippen LogP contribution is 2.23. The summed E-state index contributed by atoms with van der Waals surface area (Å²) in [4.78, 5) is 36.2. The summed E-state index contributed by atoms with van der Waals surface area (Å²) in [6.07, 6.45) is -0.171. The fraction of sp³-hybridized carbons (Fsp3) is 0.190. The van der Waals surface area contributed by atoms with Crippen LogP contribution in [0, 0.1) is 6.92 Å². The van der Waals surface area contributed by atoms with Gasteiger partial charge in [-0.1, -0.05) is 30.3 Å². The number of carbonyl (C=O) groups excluding carboxylic acids is 1. The molecule has 0 fully saturated rings. The van der Waals surface area contributed by atoms with Crippen LogP contribution >= 0.6 is 0 Å². The van der Waals surface area contributed by atoms with Gasteiger partial charge in [0.25, 0.3) is 0 Å². The number of hydrogen-bond acceptors (Lipinski definition) is 5. The number of fused-ring (bicyclic) bond motifs is 1. The third kappa shape index (κ3) is 4.20. The molecular formula is C21H19NO6. The molecule has 0 aliphatic heterocycles. The van der Waals surface area contributed by atoms with E-state index in [2.05, 4.69) is 5.32 Å². The molecule has 0 aliphatic carbocycles. The van der Waals surface area contributed by atoms with Crippen molar-refractivity contribution in [3.63, 3.8) is 0 Å². The fourth-order valence-electron chi connectivity index (χ4n) is 3.04. The highest BCUT2D eigenvalue weighted by atomic mass is 16.4. The Morgan fingerprint density at radius 2 is 1.86 bits per heavy atom. The number of nitrogens with one attached hydrogen (secondary N) is 1. The number of rotatable bonds is 6. The average molecular weight is 381 g/mol. The summed E-state index contributed by atoms with van der Waals surface area (Å²) in [5.41, 5.74) is 1.01. The predicted molar refractivity (Wildman–Crippen MR) is 102 cm³/mol. The second kappa shape index (κ2) is 7.96. The molecule has 1 atom stereocenters. The van der Waals surface area contributed by atoms with Gasteiger partial charge in [-0.3, -0.25) is 4.79 Å². The van der Waals surface area contributed by atoms with Crippen LogP contribution in [0.3, 0.4) is 0 Å². The molecule has 0 radical (unpaired) electrons. The van der Waals surface area contributed by atoms with Gasteiger partial charge in [-0.2, -0.15) is 0 Å². The lowest BCUT2D eigenvalue weighted by atomic mass is 10.0. The van der Waals surface area contributed by atoms with E-state index in [1.54, 1.807) is 37.3 Å². The highest BCUT2D eigenvalue weighted by molar-refractivity contribution is 5.87. The molecular weight excluding hydrogens is 362 g/mol. The first-order valence-electron chi connectivity index (χ1n) is 8.66. The van der Waals surface area contributed by atoms with Gasteiger partial charge in [0.1, 0.15) is 17.4 Å². The van der Waals surface area contributed by atoms with Crippen LogP contribution < -0.4 is 10.9 Å². The number of phenolic OH excluding ortho intramolecular Hbond substituents is 1. The molecule has 0 saturated heterocycles. The van der Waals surface area contributed by atoms with E-state index < -0.39 is 23.5 Å². The van der Waals surface area contributed by atoms with Crippen molar-refractivity contribution in [1.29, 1.82) is 0 Å². The highest BCUT2D eigenvalue weighted by Gasteiger charge is 2.22. The van der Waals surface area contributed by atoms with Crippen molar-refractivity contribution in [3.05, 3.63) is 75.6 Å². The summed E-state index contributed by atoms with van der Waals surface area (Å²) < 4.78 is 5.19. The van der Waals surface area contributed by atoms with E-state index in [1.807, 2.05) is 6.07 Å². The first-order valence-corrected chi connectivity index (χ1v) is 8.66. The molecule has 2 aromatic carbocycles. The smallest absolute Gasteiger partial charge is 0.340 e. The maximum Gasteiger partial charge on any atom is 0.340 e. The molecule has 3 rings (SSSR count). The Morgan fingerprint density at radius 3 is 2.54 bits per heavy atom. The average Bonchev–Trinajstić information content (AvgIpc) is 2.65. The Bertz CT molecular complexity index is 1090.